The number of nitriles is 1. The number of nitrogens with one attached hydrogen (secondary N) is 1. The molecule has 18 heavy (non-hydrogen) atoms. The molecule has 0 saturated carbocycles. The molecule has 1 aromatic heterocycles. The van der Waals surface area contributed by atoms with Crippen LogP contribution in [0.15, 0.2) is 17.5 Å². The number of nitrogens with zero attached hydrogens (tertiary/aromatic N) is 1. The molecule has 6 heteroatoms. The first-order chi connectivity index (χ1) is 8.36. The summed E-state index contributed by atoms with van der Waals surface area (Å²) >= 11 is 1.50. The van der Waals surface area contributed by atoms with Gasteiger partial charge in [0.15, 0.2) is 5.92 Å². The van der Waals surface area contributed by atoms with E-state index in [1.807, 2.05) is 31.4 Å². The Labute approximate surface area is 108 Å². The van der Waals surface area contributed by atoms with Crippen LogP contribution in [0.1, 0.15) is 24.8 Å². The Balaban J connectivity index is 2.67. The highest BCUT2D eigenvalue weighted by Gasteiger charge is 2.40. The summed E-state index contributed by atoms with van der Waals surface area (Å²) in [5.41, 5.74) is 0. The summed E-state index contributed by atoms with van der Waals surface area (Å²) in [5, 5.41) is 13.3. The Bertz CT molecular complexity index is 392. The van der Waals surface area contributed by atoms with Crippen molar-refractivity contribution in [1.82, 2.24) is 5.32 Å². The van der Waals surface area contributed by atoms with E-state index in [4.69, 9.17) is 5.26 Å². The molecule has 0 fully saturated rings. The molecule has 2 atom stereocenters. The van der Waals surface area contributed by atoms with Crippen LogP contribution in [-0.2, 0) is 0 Å². The first-order valence-corrected chi connectivity index (χ1v) is 6.47. The molecule has 100 valence electrons. The van der Waals surface area contributed by atoms with Gasteiger partial charge in [0.1, 0.15) is 0 Å². The first-order valence-electron chi connectivity index (χ1n) is 5.59. The van der Waals surface area contributed by atoms with E-state index < -0.39 is 12.1 Å². The fourth-order valence-corrected chi connectivity index (χ4v) is 2.59. The van der Waals surface area contributed by atoms with E-state index in [0.29, 0.717) is 0 Å². The van der Waals surface area contributed by atoms with Crippen LogP contribution in [0.5, 0.6) is 0 Å². The fourth-order valence-electron chi connectivity index (χ4n) is 1.61. The normalized spacial score (nSPS) is 15.4. The van der Waals surface area contributed by atoms with Gasteiger partial charge in [-0.15, -0.1) is 11.3 Å². The van der Waals surface area contributed by atoms with Crippen LogP contribution in [0.3, 0.4) is 0 Å². The maximum absolute atomic E-state index is 12.5. The summed E-state index contributed by atoms with van der Waals surface area (Å²) in [6, 6.07) is 4.90. The van der Waals surface area contributed by atoms with Crippen molar-refractivity contribution in [3.8, 4) is 6.07 Å². The molecule has 0 aromatic carbocycles. The molecular weight excluding hydrogens is 261 g/mol. The van der Waals surface area contributed by atoms with Gasteiger partial charge in [-0.05, 0) is 17.4 Å². The molecule has 1 heterocycles. The van der Waals surface area contributed by atoms with Gasteiger partial charge in [-0.2, -0.15) is 18.4 Å². The molecule has 0 spiro atoms. The third-order valence-electron chi connectivity index (χ3n) is 2.61. The zero-order valence-corrected chi connectivity index (χ0v) is 11.0. The summed E-state index contributed by atoms with van der Waals surface area (Å²) in [7, 11) is 0. The second kappa shape index (κ2) is 6.21. The predicted molar refractivity (Wildman–Crippen MR) is 65.1 cm³/mol. The Kier molecular flexibility index (Phi) is 5.17. The maximum atomic E-state index is 12.5. The minimum atomic E-state index is -4.47. The summed E-state index contributed by atoms with van der Waals surface area (Å²) < 4.78 is 37.4. The van der Waals surface area contributed by atoms with Crippen LogP contribution in [-0.4, -0.2) is 12.7 Å². The van der Waals surface area contributed by atoms with Crippen molar-refractivity contribution < 1.29 is 13.2 Å². The van der Waals surface area contributed by atoms with Gasteiger partial charge in [-0.3, -0.25) is 0 Å². The van der Waals surface area contributed by atoms with Gasteiger partial charge in [0, 0.05) is 17.5 Å². The van der Waals surface area contributed by atoms with E-state index in [9.17, 15) is 13.2 Å². The second-order valence-corrected chi connectivity index (χ2v) is 5.35. The SMILES string of the molecule is CC(C)C(NCC(C#N)C(F)(F)F)c1cccs1. The van der Waals surface area contributed by atoms with Crippen LogP contribution >= 0.6 is 11.3 Å². The lowest BCUT2D eigenvalue weighted by Gasteiger charge is -2.23. The second-order valence-electron chi connectivity index (χ2n) is 4.37. The van der Waals surface area contributed by atoms with Crippen LogP contribution in [0.4, 0.5) is 13.2 Å². The van der Waals surface area contributed by atoms with Crippen molar-refractivity contribution >= 4 is 11.3 Å². The molecule has 0 bridgehead atoms. The fraction of sp³-hybridized carbons (Fsp3) is 0.583. The topological polar surface area (TPSA) is 35.8 Å². The average molecular weight is 276 g/mol. The summed E-state index contributed by atoms with van der Waals surface area (Å²) in [5.74, 6) is -1.80. The van der Waals surface area contributed by atoms with Gasteiger partial charge in [-0.1, -0.05) is 19.9 Å². The van der Waals surface area contributed by atoms with Gasteiger partial charge < -0.3 is 5.32 Å². The van der Waals surface area contributed by atoms with Crippen LogP contribution in [0, 0.1) is 23.2 Å². The zero-order chi connectivity index (χ0) is 13.8. The zero-order valence-electron chi connectivity index (χ0n) is 10.2. The summed E-state index contributed by atoms with van der Waals surface area (Å²) in [4.78, 5) is 0.990. The van der Waals surface area contributed by atoms with E-state index in [1.165, 1.54) is 17.4 Å². The van der Waals surface area contributed by atoms with Gasteiger partial charge in [-0.25, -0.2) is 0 Å². The average Bonchev–Trinajstić information content (AvgIpc) is 2.75. The lowest BCUT2D eigenvalue weighted by atomic mass is 10.0. The molecule has 0 aliphatic heterocycles. The van der Waals surface area contributed by atoms with Gasteiger partial charge in [0.25, 0.3) is 0 Å². The Morgan fingerprint density at radius 3 is 2.50 bits per heavy atom. The van der Waals surface area contributed by atoms with Crippen LogP contribution < -0.4 is 5.32 Å². The quantitative estimate of drug-likeness (QED) is 0.889. The van der Waals surface area contributed by atoms with E-state index in [-0.39, 0.29) is 18.5 Å². The molecule has 0 aliphatic carbocycles. The molecule has 2 nitrogen and oxygen atoms in total. The molecule has 2 unspecified atom stereocenters. The lowest BCUT2D eigenvalue weighted by Crippen LogP contribution is -2.35. The van der Waals surface area contributed by atoms with Gasteiger partial charge in [0.2, 0.25) is 0 Å². The Hall–Kier alpha value is -1.06. The Morgan fingerprint density at radius 1 is 1.44 bits per heavy atom. The summed E-state index contributed by atoms with van der Waals surface area (Å²) in [6.07, 6.45) is -4.47. The molecule has 0 aliphatic rings. The first kappa shape index (κ1) is 15.0. The molecule has 1 aromatic rings. The Morgan fingerprint density at radius 2 is 2.11 bits per heavy atom. The minimum absolute atomic E-state index is 0.150. The molecule has 1 N–H and O–H groups in total. The summed E-state index contributed by atoms with van der Waals surface area (Å²) in [6.45, 7) is 3.50. The van der Waals surface area contributed by atoms with E-state index in [2.05, 4.69) is 5.32 Å². The third-order valence-corrected chi connectivity index (χ3v) is 3.56. The van der Waals surface area contributed by atoms with E-state index in [1.54, 1.807) is 0 Å². The third kappa shape index (κ3) is 4.00. The van der Waals surface area contributed by atoms with Crippen molar-refractivity contribution in [2.45, 2.75) is 26.1 Å². The predicted octanol–water partition coefficient (Wildman–Crippen LogP) is 3.74. The smallest absolute Gasteiger partial charge is 0.307 e. The number of thiophene rings is 1. The molecule has 0 saturated heterocycles. The highest BCUT2D eigenvalue weighted by molar-refractivity contribution is 7.10. The number of halogens is 3. The molecule has 1 rings (SSSR count). The van der Waals surface area contributed by atoms with Crippen molar-refractivity contribution in [2.24, 2.45) is 11.8 Å². The largest absolute Gasteiger partial charge is 0.405 e. The van der Waals surface area contributed by atoms with Gasteiger partial charge >= 0.3 is 6.18 Å². The minimum Gasteiger partial charge on any atom is -0.307 e. The van der Waals surface area contributed by atoms with Crippen molar-refractivity contribution in [2.75, 3.05) is 6.54 Å². The van der Waals surface area contributed by atoms with Crippen molar-refractivity contribution in [3.05, 3.63) is 22.4 Å². The van der Waals surface area contributed by atoms with Crippen LogP contribution in [0.2, 0.25) is 0 Å². The highest BCUT2D eigenvalue weighted by atomic mass is 32.1. The molecule has 0 radical (unpaired) electrons. The monoisotopic (exact) mass is 276 g/mol. The van der Waals surface area contributed by atoms with Crippen LogP contribution in [0.25, 0.3) is 0 Å². The number of rotatable bonds is 5. The standard InChI is InChI=1S/C12H15F3N2S/c1-8(2)11(10-4-3-5-18-10)17-7-9(6-16)12(13,14)15/h3-5,8-9,11,17H,7H2,1-2H3. The van der Waals surface area contributed by atoms with Crippen molar-refractivity contribution in [3.63, 3.8) is 0 Å². The maximum Gasteiger partial charge on any atom is 0.405 e. The number of alkyl halides is 3. The van der Waals surface area contributed by atoms with E-state index >= 15 is 0 Å². The molecule has 0 amide bonds. The van der Waals surface area contributed by atoms with E-state index in [0.717, 1.165) is 4.88 Å². The highest BCUT2D eigenvalue weighted by Crippen LogP contribution is 2.29. The number of hydrogen-bond donors (Lipinski definition) is 1. The molecular formula is C12H15F3N2S. The number of hydrogen-bond acceptors (Lipinski definition) is 3. The lowest BCUT2D eigenvalue weighted by molar-refractivity contribution is -0.158. The van der Waals surface area contributed by atoms with Crippen molar-refractivity contribution in [1.29, 1.82) is 5.26 Å². The van der Waals surface area contributed by atoms with Gasteiger partial charge in [0.05, 0.1) is 6.07 Å².